The van der Waals surface area contributed by atoms with Gasteiger partial charge in [0.1, 0.15) is 0 Å². The molecule has 1 saturated heterocycles. The zero-order valence-electron chi connectivity index (χ0n) is 12.4. The Bertz CT molecular complexity index is 435. The Labute approximate surface area is 146 Å². The monoisotopic (exact) mass is 394 g/mol. The molecule has 0 atom stereocenters. The Morgan fingerprint density at radius 3 is 2.76 bits per heavy atom. The molecule has 21 heavy (non-hydrogen) atoms. The molecule has 0 bridgehead atoms. The standard InChI is InChI=1S/C15H23BrN2OS.ClH/c1-2-9-18(13-5-7-17-8-6-13)15(19)4-3-14-10-12(16)11-20-14;/h10-11,13,17H,2-9H2,1H3;1H. The molecule has 0 aromatic carbocycles. The summed E-state index contributed by atoms with van der Waals surface area (Å²) in [7, 11) is 0. The fraction of sp³-hybridized carbons (Fsp3) is 0.667. The first-order valence-corrected chi connectivity index (χ1v) is 9.11. The van der Waals surface area contributed by atoms with Crippen LogP contribution in [-0.4, -0.2) is 36.5 Å². The van der Waals surface area contributed by atoms with Crippen LogP contribution < -0.4 is 5.32 Å². The predicted molar refractivity (Wildman–Crippen MR) is 95.5 cm³/mol. The third-order valence-electron chi connectivity index (χ3n) is 3.74. The molecule has 3 nitrogen and oxygen atoms in total. The molecule has 1 aliphatic rings. The molecular formula is C15H24BrClN2OS. The maximum Gasteiger partial charge on any atom is 0.223 e. The molecule has 120 valence electrons. The van der Waals surface area contributed by atoms with Crippen molar-refractivity contribution in [2.75, 3.05) is 19.6 Å². The van der Waals surface area contributed by atoms with E-state index in [1.807, 2.05) is 0 Å². The number of thiophene rings is 1. The minimum absolute atomic E-state index is 0. The number of nitrogens with zero attached hydrogens (tertiary/aromatic N) is 1. The van der Waals surface area contributed by atoms with Crippen molar-refractivity contribution < 1.29 is 4.79 Å². The van der Waals surface area contributed by atoms with Gasteiger partial charge in [0.15, 0.2) is 0 Å². The average Bonchev–Trinajstić information content (AvgIpc) is 2.89. The lowest BCUT2D eigenvalue weighted by molar-refractivity contribution is -0.134. The lowest BCUT2D eigenvalue weighted by atomic mass is 10.0. The van der Waals surface area contributed by atoms with E-state index in [2.05, 4.69) is 44.5 Å². The molecule has 1 aromatic rings. The second kappa shape index (κ2) is 9.82. The van der Waals surface area contributed by atoms with Gasteiger partial charge in [-0.1, -0.05) is 6.92 Å². The van der Waals surface area contributed by atoms with Gasteiger partial charge in [0.2, 0.25) is 5.91 Å². The van der Waals surface area contributed by atoms with Crippen molar-refractivity contribution in [3.05, 3.63) is 20.8 Å². The van der Waals surface area contributed by atoms with Gasteiger partial charge in [-0.25, -0.2) is 0 Å². The van der Waals surface area contributed by atoms with Gasteiger partial charge in [0.05, 0.1) is 0 Å². The van der Waals surface area contributed by atoms with Gasteiger partial charge in [0.25, 0.3) is 0 Å². The highest BCUT2D eigenvalue weighted by molar-refractivity contribution is 9.10. The maximum atomic E-state index is 12.5. The molecule has 0 saturated carbocycles. The SMILES string of the molecule is CCCN(C(=O)CCc1cc(Br)cs1)C1CCNCC1.Cl. The first-order chi connectivity index (χ1) is 9.70. The summed E-state index contributed by atoms with van der Waals surface area (Å²) in [4.78, 5) is 15.9. The van der Waals surface area contributed by atoms with Crippen molar-refractivity contribution in [2.24, 2.45) is 0 Å². The van der Waals surface area contributed by atoms with Crippen molar-refractivity contribution >= 4 is 45.6 Å². The first kappa shape index (κ1) is 18.9. The van der Waals surface area contributed by atoms with Crippen LogP contribution in [0.25, 0.3) is 0 Å². The third-order valence-corrected chi connectivity index (χ3v) is 5.50. The van der Waals surface area contributed by atoms with Crippen LogP contribution in [0.2, 0.25) is 0 Å². The number of rotatable bonds is 6. The van der Waals surface area contributed by atoms with Gasteiger partial charge in [-0.3, -0.25) is 4.79 Å². The molecule has 1 amide bonds. The molecule has 1 aromatic heterocycles. The smallest absolute Gasteiger partial charge is 0.223 e. The number of nitrogens with one attached hydrogen (secondary N) is 1. The van der Waals surface area contributed by atoms with Crippen molar-refractivity contribution in [3.63, 3.8) is 0 Å². The second-order valence-electron chi connectivity index (χ2n) is 5.30. The van der Waals surface area contributed by atoms with Crippen LogP contribution in [0.5, 0.6) is 0 Å². The van der Waals surface area contributed by atoms with Crippen molar-refractivity contribution in [2.45, 2.75) is 45.1 Å². The van der Waals surface area contributed by atoms with Crippen molar-refractivity contribution in [3.8, 4) is 0 Å². The van der Waals surface area contributed by atoms with Gasteiger partial charge in [-0.15, -0.1) is 23.7 Å². The summed E-state index contributed by atoms with van der Waals surface area (Å²) in [6.07, 6.45) is 4.73. The molecular weight excluding hydrogens is 372 g/mol. The molecule has 0 unspecified atom stereocenters. The van der Waals surface area contributed by atoms with E-state index in [9.17, 15) is 4.79 Å². The molecule has 0 aliphatic carbocycles. The number of hydrogen-bond acceptors (Lipinski definition) is 3. The van der Waals surface area contributed by atoms with Crippen LogP contribution in [0.3, 0.4) is 0 Å². The fourth-order valence-electron chi connectivity index (χ4n) is 2.73. The van der Waals surface area contributed by atoms with E-state index in [0.717, 1.165) is 49.8 Å². The van der Waals surface area contributed by atoms with E-state index in [1.54, 1.807) is 11.3 Å². The van der Waals surface area contributed by atoms with Crippen LogP contribution in [0.4, 0.5) is 0 Å². The predicted octanol–water partition coefficient (Wildman–Crippen LogP) is 3.86. The van der Waals surface area contributed by atoms with Crippen LogP contribution >= 0.6 is 39.7 Å². The third kappa shape index (κ3) is 5.89. The van der Waals surface area contributed by atoms with Crippen LogP contribution in [0.1, 0.15) is 37.5 Å². The first-order valence-electron chi connectivity index (χ1n) is 7.43. The summed E-state index contributed by atoms with van der Waals surface area (Å²) < 4.78 is 1.12. The Morgan fingerprint density at radius 2 is 2.19 bits per heavy atom. The summed E-state index contributed by atoms with van der Waals surface area (Å²) >= 11 is 5.19. The van der Waals surface area contributed by atoms with Crippen LogP contribution in [0, 0.1) is 0 Å². The van der Waals surface area contributed by atoms with Crippen LogP contribution in [-0.2, 0) is 11.2 Å². The highest BCUT2D eigenvalue weighted by Gasteiger charge is 2.24. The number of amides is 1. The molecule has 2 rings (SSSR count). The van der Waals surface area contributed by atoms with E-state index in [4.69, 9.17) is 0 Å². The fourth-order valence-corrected chi connectivity index (χ4v) is 4.18. The molecule has 1 fully saturated rings. The largest absolute Gasteiger partial charge is 0.340 e. The summed E-state index contributed by atoms with van der Waals surface area (Å²) in [5.41, 5.74) is 0. The second-order valence-corrected chi connectivity index (χ2v) is 7.21. The van der Waals surface area contributed by atoms with Gasteiger partial charge in [-0.05, 0) is 60.8 Å². The number of halogens is 2. The maximum absolute atomic E-state index is 12.5. The van der Waals surface area contributed by atoms with E-state index >= 15 is 0 Å². The van der Waals surface area contributed by atoms with Gasteiger partial charge < -0.3 is 10.2 Å². The highest BCUT2D eigenvalue weighted by atomic mass is 79.9. The summed E-state index contributed by atoms with van der Waals surface area (Å²) in [6, 6.07) is 2.56. The minimum atomic E-state index is 0. The highest BCUT2D eigenvalue weighted by Crippen LogP contribution is 2.22. The van der Waals surface area contributed by atoms with E-state index in [1.165, 1.54) is 4.88 Å². The molecule has 0 spiro atoms. The number of carbonyl (C=O) groups is 1. The number of hydrogen-bond donors (Lipinski definition) is 1. The quantitative estimate of drug-likeness (QED) is 0.793. The van der Waals surface area contributed by atoms with Crippen molar-refractivity contribution in [1.29, 1.82) is 0 Å². The summed E-state index contributed by atoms with van der Waals surface area (Å²) in [6.45, 7) is 5.13. The zero-order valence-corrected chi connectivity index (χ0v) is 15.7. The van der Waals surface area contributed by atoms with E-state index in [0.29, 0.717) is 18.4 Å². The minimum Gasteiger partial charge on any atom is -0.340 e. The topological polar surface area (TPSA) is 32.3 Å². The Hall–Kier alpha value is -0.100. The van der Waals surface area contributed by atoms with Crippen LogP contribution in [0.15, 0.2) is 15.9 Å². The number of carbonyl (C=O) groups excluding carboxylic acids is 1. The van der Waals surface area contributed by atoms with Gasteiger partial charge in [0, 0.05) is 33.7 Å². The Morgan fingerprint density at radius 1 is 1.48 bits per heavy atom. The molecule has 1 aliphatic heterocycles. The van der Waals surface area contributed by atoms with Crippen molar-refractivity contribution in [1.82, 2.24) is 10.2 Å². The number of aryl methyl sites for hydroxylation is 1. The summed E-state index contributed by atoms with van der Waals surface area (Å²) in [5.74, 6) is 0.322. The van der Waals surface area contributed by atoms with Gasteiger partial charge in [-0.2, -0.15) is 0 Å². The Kier molecular flexibility index (Phi) is 8.86. The molecule has 0 radical (unpaired) electrons. The molecule has 2 heterocycles. The number of piperidine rings is 1. The summed E-state index contributed by atoms with van der Waals surface area (Å²) in [5, 5.41) is 5.45. The van der Waals surface area contributed by atoms with E-state index in [-0.39, 0.29) is 12.4 Å². The molecule has 1 N–H and O–H groups in total. The molecule has 6 heteroatoms. The zero-order chi connectivity index (χ0) is 14.4. The van der Waals surface area contributed by atoms with E-state index < -0.39 is 0 Å². The lowest BCUT2D eigenvalue weighted by Gasteiger charge is -2.34. The average molecular weight is 396 g/mol. The Balaban J connectivity index is 0.00000220. The lowest BCUT2D eigenvalue weighted by Crippen LogP contribution is -2.46. The normalized spacial score (nSPS) is 15.5. The van der Waals surface area contributed by atoms with Gasteiger partial charge >= 0.3 is 0 Å².